The van der Waals surface area contributed by atoms with E-state index in [9.17, 15) is 10.2 Å². The Morgan fingerprint density at radius 1 is 0.769 bits per heavy atom. The van der Waals surface area contributed by atoms with Crippen LogP contribution in [0.1, 0.15) is 12.5 Å². The second-order valence-corrected chi connectivity index (χ2v) is 6.12. The summed E-state index contributed by atoms with van der Waals surface area (Å²) >= 11 is 0. The number of aryl methyl sites for hydroxylation is 1. The highest BCUT2D eigenvalue weighted by molar-refractivity contribution is 5.66. The van der Waals surface area contributed by atoms with Gasteiger partial charge in [-0.3, -0.25) is 0 Å². The minimum atomic E-state index is 0.0851. The summed E-state index contributed by atoms with van der Waals surface area (Å²) in [5, 5.41) is 18.8. The van der Waals surface area contributed by atoms with Gasteiger partial charge in [-0.05, 0) is 48.4 Å². The highest BCUT2D eigenvalue weighted by atomic mass is 16.5. The minimum absolute atomic E-state index is 0.0851. The van der Waals surface area contributed by atoms with Gasteiger partial charge in [-0.1, -0.05) is 19.1 Å². The molecule has 0 spiro atoms. The molecule has 2 N–H and O–H groups in total. The van der Waals surface area contributed by atoms with Gasteiger partial charge in [0, 0.05) is 43.8 Å². The molecule has 0 aliphatic rings. The lowest BCUT2D eigenvalue weighted by atomic mass is 10.1. The predicted molar refractivity (Wildman–Crippen MR) is 108 cm³/mol. The normalized spacial score (nSPS) is 10.8. The van der Waals surface area contributed by atoms with E-state index in [1.165, 1.54) is 5.56 Å². The predicted octanol–water partition coefficient (Wildman–Crippen LogP) is 2.82. The number of hydrogen-bond acceptors (Lipinski definition) is 5. The lowest BCUT2D eigenvalue weighted by Gasteiger charge is -2.27. The van der Waals surface area contributed by atoms with Crippen molar-refractivity contribution in [3.05, 3.63) is 54.1 Å². The van der Waals surface area contributed by atoms with Crippen LogP contribution in [0.3, 0.4) is 0 Å². The Balaban J connectivity index is 2.20. The van der Waals surface area contributed by atoms with Crippen LogP contribution in [-0.2, 0) is 11.2 Å². The van der Waals surface area contributed by atoms with Gasteiger partial charge in [-0.25, -0.2) is 0 Å². The summed E-state index contributed by atoms with van der Waals surface area (Å²) in [4.78, 5) is 4.20. The van der Waals surface area contributed by atoms with Gasteiger partial charge < -0.3 is 24.7 Å². The highest BCUT2D eigenvalue weighted by Crippen LogP contribution is 2.27. The monoisotopic (exact) mass is 358 g/mol. The molecule has 0 aromatic heterocycles. The third-order valence-electron chi connectivity index (χ3n) is 4.44. The summed E-state index contributed by atoms with van der Waals surface area (Å²) < 4.78 is 5.15. The molecule has 5 heteroatoms. The summed E-state index contributed by atoms with van der Waals surface area (Å²) in [5.41, 5.74) is 4.44. The fourth-order valence-electron chi connectivity index (χ4n) is 2.95. The first-order valence-corrected chi connectivity index (χ1v) is 9.15. The van der Waals surface area contributed by atoms with E-state index in [2.05, 4.69) is 53.1 Å². The maximum atomic E-state index is 9.48. The maximum Gasteiger partial charge on any atom is 0.0637 e. The van der Waals surface area contributed by atoms with Crippen LogP contribution < -0.4 is 9.80 Å². The third-order valence-corrected chi connectivity index (χ3v) is 4.44. The SMILES string of the molecule is CCc1ccc(N(CCO)c2ccc(N(CCO)CCOC)cc2)cc1. The molecule has 0 atom stereocenters. The van der Waals surface area contributed by atoms with Crippen molar-refractivity contribution in [2.75, 3.05) is 56.4 Å². The molecule has 2 aromatic carbocycles. The zero-order valence-corrected chi connectivity index (χ0v) is 15.8. The largest absolute Gasteiger partial charge is 0.395 e. The second kappa shape index (κ2) is 10.8. The van der Waals surface area contributed by atoms with Crippen LogP contribution in [0.4, 0.5) is 17.1 Å². The van der Waals surface area contributed by atoms with E-state index in [0.717, 1.165) is 30.0 Å². The fourth-order valence-corrected chi connectivity index (χ4v) is 2.95. The van der Waals surface area contributed by atoms with Crippen LogP contribution in [-0.4, -0.2) is 56.8 Å². The van der Waals surface area contributed by atoms with Gasteiger partial charge in [0.25, 0.3) is 0 Å². The number of benzene rings is 2. The Hall–Kier alpha value is -2.08. The topological polar surface area (TPSA) is 56.2 Å². The van der Waals surface area contributed by atoms with Gasteiger partial charge in [0.1, 0.15) is 0 Å². The molecule has 0 amide bonds. The van der Waals surface area contributed by atoms with E-state index >= 15 is 0 Å². The first-order valence-electron chi connectivity index (χ1n) is 9.15. The average molecular weight is 358 g/mol. The van der Waals surface area contributed by atoms with Gasteiger partial charge >= 0.3 is 0 Å². The van der Waals surface area contributed by atoms with Crippen LogP contribution in [0.2, 0.25) is 0 Å². The summed E-state index contributed by atoms with van der Waals surface area (Å²) in [6, 6.07) is 16.6. The molecule has 0 bridgehead atoms. The third kappa shape index (κ3) is 5.46. The molecule has 0 saturated heterocycles. The molecular weight excluding hydrogens is 328 g/mol. The van der Waals surface area contributed by atoms with Crippen molar-refractivity contribution in [3.8, 4) is 0 Å². The average Bonchev–Trinajstić information content (AvgIpc) is 2.70. The number of aliphatic hydroxyl groups is 2. The van der Waals surface area contributed by atoms with Crippen molar-refractivity contribution < 1.29 is 14.9 Å². The van der Waals surface area contributed by atoms with Crippen molar-refractivity contribution in [2.45, 2.75) is 13.3 Å². The molecule has 2 aromatic rings. The summed E-state index contributed by atoms with van der Waals surface area (Å²) in [6.07, 6.45) is 1.01. The van der Waals surface area contributed by atoms with Crippen molar-refractivity contribution in [1.29, 1.82) is 0 Å². The van der Waals surface area contributed by atoms with Crippen LogP contribution in [0.25, 0.3) is 0 Å². The lowest BCUT2D eigenvalue weighted by molar-refractivity contribution is 0.203. The number of anilines is 3. The fraction of sp³-hybridized carbons (Fsp3) is 0.429. The number of methoxy groups -OCH3 is 1. The van der Waals surface area contributed by atoms with Crippen molar-refractivity contribution >= 4 is 17.1 Å². The Bertz CT molecular complexity index is 629. The molecule has 0 saturated carbocycles. The van der Waals surface area contributed by atoms with E-state index in [1.807, 2.05) is 12.1 Å². The van der Waals surface area contributed by atoms with Crippen molar-refractivity contribution in [3.63, 3.8) is 0 Å². The van der Waals surface area contributed by atoms with Gasteiger partial charge in [0.2, 0.25) is 0 Å². The quantitative estimate of drug-likeness (QED) is 0.647. The van der Waals surface area contributed by atoms with Gasteiger partial charge in [-0.2, -0.15) is 0 Å². The van der Waals surface area contributed by atoms with Gasteiger partial charge in [-0.15, -0.1) is 0 Å². The van der Waals surface area contributed by atoms with Crippen molar-refractivity contribution in [2.24, 2.45) is 0 Å². The Kier molecular flexibility index (Phi) is 8.41. The summed E-state index contributed by atoms with van der Waals surface area (Å²) in [6.45, 7) is 4.78. The zero-order valence-electron chi connectivity index (χ0n) is 15.8. The van der Waals surface area contributed by atoms with E-state index in [4.69, 9.17) is 4.74 Å². The molecule has 0 radical (unpaired) electrons. The van der Waals surface area contributed by atoms with Crippen LogP contribution in [0.5, 0.6) is 0 Å². The van der Waals surface area contributed by atoms with Crippen LogP contribution in [0.15, 0.2) is 48.5 Å². The Morgan fingerprint density at radius 2 is 1.31 bits per heavy atom. The molecular formula is C21H30N2O3. The molecule has 142 valence electrons. The molecule has 2 rings (SSSR count). The lowest BCUT2D eigenvalue weighted by Crippen LogP contribution is -2.30. The van der Waals surface area contributed by atoms with Crippen molar-refractivity contribution in [1.82, 2.24) is 0 Å². The van der Waals surface area contributed by atoms with E-state index in [-0.39, 0.29) is 13.2 Å². The van der Waals surface area contributed by atoms with E-state index in [0.29, 0.717) is 19.7 Å². The number of nitrogens with zero attached hydrogens (tertiary/aromatic N) is 2. The van der Waals surface area contributed by atoms with E-state index < -0.39 is 0 Å². The molecule has 26 heavy (non-hydrogen) atoms. The van der Waals surface area contributed by atoms with Gasteiger partial charge in [0.05, 0.1) is 19.8 Å². The van der Waals surface area contributed by atoms with E-state index in [1.54, 1.807) is 7.11 Å². The number of rotatable bonds is 11. The molecule has 0 unspecified atom stereocenters. The van der Waals surface area contributed by atoms with Crippen LogP contribution >= 0.6 is 0 Å². The van der Waals surface area contributed by atoms with Gasteiger partial charge in [0.15, 0.2) is 0 Å². The second-order valence-electron chi connectivity index (χ2n) is 6.12. The number of aliphatic hydroxyl groups excluding tert-OH is 2. The maximum absolute atomic E-state index is 9.48. The smallest absolute Gasteiger partial charge is 0.0637 e. The molecule has 0 fully saturated rings. The first-order chi connectivity index (χ1) is 12.7. The first kappa shape index (κ1) is 20.2. The minimum Gasteiger partial charge on any atom is -0.395 e. The molecule has 0 aliphatic carbocycles. The summed E-state index contributed by atoms with van der Waals surface area (Å²) in [7, 11) is 1.68. The number of ether oxygens (including phenoxy) is 1. The molecule has 0 aliphatic heterocycles. The Morgan fingerprint density at radius 3 is 1.81 bits per heavy atom. The molecule has 5 nitrogen and oxygen atoms in total. The highest BCUT2D eigenvalue weighted by Gasteiger charge is 2.11. The summed E-state index contributed by atoms with van der Waals surface area (Å²) in [5.74, 6) is 0. The number of hydrogen-bond donors (Lipinski definition) is 2. The zero-order chi connectivity index (χ0) is 18.8. The standard InChI is InChI=1S/C21H30N2O3/c1-3-18-4-6-20(7-5-18)23(13-16-25)21-10-8-19(9-11-21)22(12-15-24)14-17-26-2/h4-11,24-25H,3,12-17H2,1-2H3. The molecule has 0 heterocycles. The Labute approximate surface area is 156 Å². The van der Waals surface area contributed by atoms with Crippen LogP contribution in [0, 0.1) is 0 Å².